The lowest BCUT2D eigenvalue weighted by Gasteiger charge is -2.15. The maximum Gasteiger partial charge on any atom is 0.273 e. The molecule has 0 saturated carbocycles. The number of nitro groups is 1. The number of ether oxygens (including phenoxy) is 1. The topological polar surface area (TPSA) is 81.5 Å². The molecule has 0 fully saturated rings. The molecule has 24 heavy (non-hydrogen) atoms. The molecule has 6 nitrogen and oxygen atoms in total. The van der Waals surface area contributed by atoms with Crippen LogP contribution in [0.25, 0.3) is 0 Å². The number of hydrogen-bond acceptors (Lipinski definition) is 4. The standard InChI is InChI=1S/C17H17FN2O4/c1-11(12-7-8-16(24-2)14(18)9-12)19-17(21)10-13-5-3-4-6-15(13)20(22)23/h3-9,11H,10H2,1-2H3,(H,19,21)/t11-/m1/s1. The maximum absolute atomic E-state index is 13.7. The predicted molar refractivity (Wildman–Crippen MR) is 86.3 cm³/mol. The average molecular weight is 332 g/mol. The van der Waals surface area contributed by atoms with E-state index in [0.717, 1.165) is 0 Å². The highest BCUT2D eigenvalue weighted by Crippen LogP contribution is 2.22. The minimum absolute atomic E-state index is 0.101. The van der Waals surface area contributed by atoms with Crippen molar-refractivity contribution in [2.45, 2.75) is 19.4 Å². The average Bonchev–Trinajstić information content (AvgIpc) is 2.54. The Labute approximate surface area is 138 Å². The first-order valence-electron chi connectivity index (χ1n) is 7.27. The third-order valence-electron chi connectivity index (χ3n) is 3.59. The maximum atomic E-state index is 13.7. The van der Waals surface area contributed by atoms with Crippen molar-refractivity contribution < 1.29 is 18.8 Å². The molecule has 0 bridgehead atoms. The van der Waals surface area contributed by atoms with Crippen LogP contribution in [0.4, 0.5) is 10.1 Å². The van der Waals surface area contributed by atoms with E-state index in [1.54, 1.807) is 25.1 Å². The largest absolute Gasteiger partial charge is 0.494 e. The van der Waals surface area contributed by atoms with Crippen LogP contribution < -0.4 is 10.1 Å². The molecule has 0 aromatic heterocycles. The van der Waals surface area contributed by atoms with Gasteiger partial charge in [0.15, 0.2) is 11.6 Å². The Hall–Kier alpha value is -2.96. The van der Waals surface area contributed by atoms with Crippen LogP contribution in [0.1, 0.15) is 24.1 Å². The van der Waals surface area contributed by atoms with Crippen molar-refractivity contribution in [1.29, 1.82) is 0 Å². The molecule has 1 amide bonds. The molecule has 0 aliphatic carbocycles. The molecule has 126 valence electrons. The van der Waals surface area contributed by atoms with Gasteiger partial charge in [0.25, 0.3) is 5.69 Å². The van der Waals surface area contributed by atoms with E-state index in [2.05, 4.69) is 5.32 Å². The van der Waals surface area contributed by atoms with Gasteiger partial charge in [0.05, 0.1) is 24.5 Å². The molecule has 0 aliphatic heterocycles. The highest BCUT2D eigenvalue weighted by molar-refractivity contribution is 5.80. The number of nitrogens with zero attached hydrogens (tertiary/aromatic N) is 1. The summed E-state index contributed by atoms with van der Waals surface area (Å²) in [6, 6.07) is 10.0. The van der Waals surface area contributed by atoms with Gasteiger partial charge in [-0.15, -0.1) is 0 Å². The molecule has 2 rings (SSSR count). The van der Waals surface area contributed by atoms with Crippen molar-refractivity contribution >= 4 is 11.6 Å². The van der Waals surface area contributed by atoms with E-state index >= 15 is 0 Å². The van der Waals surface area contributed by atoms with E-state index in [0.29, 0.717) is 11.1 Å². The number of hydrogen-bond donors (Lipinski definition) is 1. The highest BCUT2D eigenvalue weighted by atomic mass is 19.1. The summed E-state index contributed by atoms with van der Waals surface area (Å²) in [5, 5.41) is 13.7. The summed E-state index contributed by atoms with van der Waals surface area (Å²) in [6.45, 7) is 1.71. The number of halogens is 1. The summed E-state index contributed by atoms with van der Waals surface area (Å²) < 4.78 is 18.6. The zero-order valence-electron chi connectivity index (χ0n) is 13.3. The summed E-state index contributed by atoms with van der Waals surface area (Å²) in [5.74, 6) is -0.778. The zero-order chi connectivity index (χ0) is 17.7. The van der Waals surface area contributed by atoms with Crippen LogP contribution in [0.15, 0.2) is 42.5 Å². The summed E-state index contributed by atoms with van der Waals surface area (Å²) >= 11 is 0. The summed E-state index contributed by atoms with van der Waals surface area (Å²) in [4.78, 5) is 22.6. The molecule has 1 atom stereocenters. The summed E-state index contributed by atoms with van der Waals surface area (Å²) in [7, 11) is 1.37. The molecule has 2 aromatic carbocycles. The minimum atomic E-state index is -0.523. The van der Waals surface area contributed by atoms with E-state index < -0.39 is 16.8 Å². The lowest BCUT2D eigenvalue weighted by Crippen LogP contribution is -2.28. The van der Waals surface area contributed by atoms with Crippen LogP contribution in [0.3, 0.4) is 0 Å². The molecule has 0 unspecified atom stereocenters. The van der Waals surface area contributed by atoms with Crippen LogP contribution >= 0.6 is 0 Å². The van der Waals surface area contributed by atoms with Gasteiger partial charge in [0.2, 0.25) is 5.91 Å². The lowest BCUT2D eigenvalue weighted by atomic mass is 10.1. The normalized spacial score (nSPS) is 11.6. The van der Waals surface area contributed by atoms with Gasteiger partial charge in [-0.25, -0.2) is 4.39 Å². The van der Waals surface area contributed by atoms with Crippen molar-refractivity contribution in [3.63, 3.8) is 0 Å². The van der Waals surface area contributed by atoms with Gasteiger partial charge in [-0.05, 0) is 24.6 Å². The Balaban J connectivity index is 2.07. The highest BCUT2D eigenvalue weighted by Gasteiger charge is 2.17. The summed E-state index contributed by atoms with van der Waals surface area (Å²) in [6.07, 6.45) is -0.125. The van der Waals surface area contributed by atoms with Crippen molar-refractivity contribution in [2.75, 3.05) is 7.11 Å². The van der Waals surface area contributed by atoms with Crippen molar-refractivity contribution in [1.82, 2.24) is 5.32 Å². The molecule has 7 heteroatoms. The van der Waals surface area contributed by atoms with Crippen molar-refractivity contribution in [3.05, 3.63) is 69.5 Å². The number of nitro benzene ring substituents is 1. The van der Waals surface area contributed by atoms with E-state index in [9.17, 15) is 19.3 Å². The van der Waals surface area contributed by atoms with Crippen molar-refractivity contribution in [2.24, 2.45) is 0 Å². The minimum Gasteiger partial charge on any atom is -0.494 e. The monoisotopic (exact) mass is 332 g/mol. The fraction of sp³-hybridized carbons (Fsp3) is 0.235. The zero-order valence-corrected chi connectivity index (χ0v) is 13.3. The number of rotatable bonds is 6. The molecule has 0 spiro atoms. The molecular formula is C17H17FN2O4. The molecule has 0 heterocycles. The van der Waals surface area contributed by atoms with Gasteiger partial charge in [-0.3, -0.25) is 14.9 Å². The van der Waals surface area contributed by atoms with Gasteiger partial charge in [0, 0.05) is 11.6 Å². The van der Waals surface area contributed by atoms with E-state index in [1.165, 1.54) is 31.4 Å². The second-order valence-corrected chi connectivity index (χ2v) is 5.25. The molecular weight excluding hydrogens is 315 g/mol. The molecule has 0 aliphatic rings. The Morgan fingerprint density at radius 2 is 2.04 bits per heavy atom. The van der Waals surface area contributed by atoms with E-state index in [4.69, 9.17) is 4.74 Å². The fourth-order valence-electron chi connectivity index (χ4n) is 2.34. The van der Waals surface area contributed by atoms with Crippen LogP contribution in [-0.4, -0.2) is 17.9 Å². The predicted octanol–water partition coefficient (Wildman–Crippen LogP) is 3.16. The van der Waals surface area contributed by atoms with Gasteiger partial charge >= 0.3 is 0 Å². The second-order valence-electron chi connectivity index (χ2n) is 5.25. The third kappa shape index (κ3) is 4.07. The van der Waals surface area contributed by atoms with Crippen LogP contribution in [0, 0.1) is 15.9 Å². The number of benzene rings is 2. The van der Waals surface area contributed by atoms with Gasteiger partial charge < -0.3 is 10.1 Å². The first-order chi connectivity index (χ1) is 11.4. The van der Waals surface area contributed by atoms with E-state index in [-0.39, 0.29) is 23.8 Å². The molecule has 0 radical (unpaired) electrons. The smallest absolute Gasteiger partial charge is 0.273 e. The molecule has 0 saturated heterocycles. The van der Waals surface area contributed by atoms with Gasteiger partial charge in [-0.2, -0.15) is 0 Å². The number of carbonyl (C=O) groups excluding carboxylic acids is 1. The van der Waals surface area contributed by atoms with E-state index in [1.807, 2.05) is 0 Å². The Morgan fingerprint density at radius 3 is 2.67 bits per heavy atom. The Bertz CT molecular complexity index is 764. The van der Waals surface area contributed by atoms with Crippen molar-refractivity contribution in [3.8, 4) is 5.75 Å². The Kier molecular flexibility index (Phi) is 5.47. The molecule has 2 aromatic rings. The SMILES string of the molecule is COc1ccc([C@@H](C)NC(=O)Cc2ccccc2[N+](=O)[O-])cc1F. The fourth-order valence-corrected chi connectivity index (χ4v) is 2.34. The molecule has 1 N–H and O–H groups in total. The van der Waals surface area contributed by atoms with Crippen LogP contribution in [0.5, 0.6) is 5.75 Å². The quantitative estimate of drug-likeness (QED) is 0.651. The number of carbonyl (C=O) groups is 1. The summed E-state index contributed by atoms with van der Waals surface area (Å²) in [5.41, 5.74) is 0.799. The third-order valence-corrected chi connectivity index (χ3v) is 3.59. The van der Waals surface area contributed by atoms with Gasteiger partial charge in [-0.1, -0.05) is 24.3 Å². The number of para-hydroxylation sites is 1. The van der Waals surface area contributed by atoms with Crippen LogP contribution in [0.2, 0.25) is 0 Å². The van der Waals surface area contributed by atoms with Crippen LogP contribution in [-0.2, 0) is 11.2 Å². The lowest BCUT2D eigenvalue weighted by molar-refractivity contribution is -0.385. The first-order valence-corrected chi connectivity index (χ1v) is 7.27. The number of nitrogens with one attached hydrogen (secondary N) is 1. The number of amides is 1. The second kappa shape index (κ2) is 7.54. The first kappa shape index (κ1) is 17.4. The number of methoxy groups -OCH3 is 1. The van der Waals surface area contributed by atoms with Gasteiger partial charge in [0.1, 0.15) is 0 Å². The Morgan fingerprint density at radius 1 is 1.33 bits per heavy atom.